The van der Waals surface area contributed by atoms with Crippen molar-refractivity contribution in [2.24, 2.45) is 23.7 Å². The van der Waals surface area contributed by atoms with E-state index < -0.39 is 0 Å². The summed E-state index contributed by atoms with van der Waals surface area (Å²) in [6, 6.07) is 1.70. The first kappa shape index (κ1) is 15.8. The van der Waals surface area contributed by atoms with Gasteiger partial charge in [0.05, 0.1) is 0 Å². The molecule has 2 heterocycles. The molecule has 1 saturated carbocycles. The molecule has 0 bridgehead atoms. The molecule has 0 aromatic heterocycles. The topological polar surface area (TPSA) is 6.48 Å². The summed E-state index contributed by atoms with van der Waals surface area (Å²) in [6.07, 6.45) is 7.39. The molecule has 0 aromatic rings. The smallest absolute Gasteiger partial charge is 0.0101 e. The van der Waals surface area contributed by atoms with Gasteiger partial charge in [-0.25, -0.2) is 0 Å². The van der Waals surface area contributed by atoms with E-state index in [2.05, 4.69) is 37.5 Å². The highest BCUT2D eigenvalue weighted by Crippen LogP contribution is 2.41. The molecule has 0 atom stereocenters. The molecule has 0 radical (unpaired) electrons. The summed E-state index contributed by atoms with van der Waals surface area (Å²) >= 11 is 0. The van der Waals surface area contributed by atoms with Gasteiger partial charge in [-0.3, -0.25) is 4.90 Å². The predicted octanol–water partition coefficient (Wildman–Crippen LogP) is 3.86. The van der Waals surface area contributed by atoms with Crippen LogP contribution in [0.3, 0.4) is 0 Å². The van der Waals surface area contributed by atoms with Gasteiger partial charge in [0.25, 0.3) is 0 Å². The van der Waals surface area contributed by atoms with E-state index in [1.807, 2.05) is 0 Å². The van der Waals surface area contributed by atoms with Crippen LogP contribution in [-0.4, -0.2) is 48.1 Å². The summed E-state index contributed by atoms with van der Waals surface area (Å²) < 4.78 is 0. The molecule has 0 amide bonds. The Morgan fingerprint density at radius 3 is 2.05 bits per heavy atom. The van der Waals surface area contributed by atoms with Gasteiger partial charge in [0, 0.05) is 25.2 Å². The fraction of sp³-hybridized carbons (Fsp3) is 1.00. The largest absolute Gasteiger partial charge is 0.301 e. The molecule has 2 aliphatic heterocycles. The van der Waals surface area contributed by atoms with Gasteiger partial charge in [0.15, 0.2) is 0 Å². The second-order valence-corrected chi connectivity index (χ2v) is 8.76. The Bertz CT molecular complexity index is 318. The maximum Gasteiger partial charge on any atom is 0.0101 e. The first-order valence-electron chi connectivity index (χ1n) is 9.51. The highest BCUT2D eigenvalue weighted by molar-refractivity contribution is 4.94. The van der Waals surface area contributed by atoms with Crippen LogP contribution in [0, 0.1) is 23.7 Å². The second kappa shape index (κ2) is 6.58. The molecule has 122 valence electrons. The predicted molar refractivity (Wildman–Crippen MR) is 90.5 cm³/mol. The first-order valence-corrected chi connectivity index (χ1v) is 9.51. The fourth-order valence-corrected chi connectivity index (χ4v) is 4.71. The maximum absolute atomic E-state index is 2.78. The van der Waals surface area contributed by atoms with Gasteiger partial charge in [-0.05, 0) is 82.7 Å². The molecule has 2 nitrogen and oxygen atoms in total. The minimum absolute atomic E-state index is 0.748. The highest BCUT2D eigenvalue weighted by Gasteiger charge is 2.41. The van der Waals surface area contributed by atoms with Crippen LogP contribution in [0.25, 0.3) is 0 Å². The van der Waals surface area contributed by atoms with E-state index in [9.17, 15) is 0 Å². The molecule has 0 aromatic carbocycles. The molecule has 2 heteroatoms. The highest BCUT2D eigenvalue weighted by atomic mass is 15.2. The van der Waals surface area contributed by atoms with E-state index >= 15 is 0 Å². The average Bonchev–Trinajstić information content (AvgIpc) is 2.34. The van der Waals surface area contributed by atoms with Crippen molar-refractivity contribution in [2.75, 3.05) is 26.2 Å². The molecule has 0 unspecified atom stereocenters. The van der Waals surface area contributed by atoms with Crippen molar-refractivity contribution >= 4 is 0 Å². The normalized spacial score (nSPS) is 33.4. The lowest BCUT2D eigenvalue weighted by molar-refractivity contribution is -0.0298. The molecule has 2 saturated heterocycles. The number of hydrogen-bond acceptors (Lipinski definition) is 2. The molecule has 3 rings (SSSR count). The lowest BCUT2D eigenvalue weighted by Crippen LogP contribution is -2.57. The van der Waals surface area contributed by atoms with Crippen molar-refractivity contribution in [1.82, 2.24) is 9.80 Å². The van der Waals surface area contributed by atoms with E-state index in [4.69, 9.17) is 0 Å². The first-order chi connectivity index (χ1) is 10.0. The Morgan fingerprint density at radius 2 is 1.52 bits per heavy atom. The SMILES string of the molecule is CC(C)C1CC(N2CC(CC3CCN(C(C)C)CC3)C2)C1. The Kier molecular flexibility index (Phi) is 4.95. The van der Waals surface area contributed by atoms with Crippen LogP contribution in [0.15, 0.2) is 0 Å². The third-order valence-electron chi connectivity index (χ3n) is 6.64. The van der Waals surface area contributed by atoms with Crippen molar-refractivity contribution in [1.29, 1.82) is 0 Å². The summed E-state index contributed by atoms with van der Waals surface area (Å²) in [5, 5.41) is 0. The fourth-order valence-electron chi connectivity index (χ4n) is 4.71. The van der Waals surface area contributed by atoms with Crippen molar-refractivity contribution in [3.8, 4) is 0 Å². The molecule has 0 spiro atoms. The molecule has 3 aliphatic rings. The number of piperidine rings is 1. The van der Waals surface area contributed by atoms with Crippen molar-refractivity contribution < 1.29 is 0 Å². The minimum Gasteiger partial charge on any atom is -0.301 e. The van der Waals surface area contributed by atoms with Crippen molar-refractivity contribution in [2.45, 2.75) is 71.9 Å². The van der Waals surface area contributed by atoms with Gasteiger partial charge in [-0.15, -0.1) is 0 Å². The number of hydrogen-bond donors (Lipinski definition) is 0. The van der Waals surface area contributed by atoms with Crippen LogP contribution in [0.5, 0.6) is 0 Å². The third-order valence-corrected chi connectivity index (χ3v) is 6.64. The zero-order valence-electron chi connectivity index (χ0n) is 14.7. The Labute approximate surface area is 132 Å². The molecule has 3 fully saturated rings. The molecular weight excluding hydrogens is 256 g/mol. The lowest BCUT2D eigenvalue weighted by Gasteiger charge is -2.52. The van der Waals surface area contributed by atoms with E-state index in [1.54, 1.807) is 0 Å². The van der Waals surface area contributed by atoms with Crippen LogP contribution in [0.4, 0.5) is 0 Å². The third kappa shape index (κ3) is 3.64. The van der Waals surface area contributed by atoms with Gasteiger partial charge < -0.3 is 4.90 Å². The number of likely N-dealkylation sites (tertiary alicyclic amines) is 2. The van der Waals surface area contributed by atoms with E-state index in [0.717, 1.165) is 35.8 Å². The molecule has 0 N–H and O–H groups in total. The quantitative estimate of drug-likeness (QED) is 0.759. The lowest BCUT2D eigenvalue weighted by atomic mass is 9.71. The van der Waals surface area contributed by atoms with Gasteiger partial charge >= 0.3 is 0 Å². The van der Waals surface area contributed by atoms with Crippen LogP contribution < -0.4 is 0 Å². The second-order valence-electron chi connectivity index (χ2n) is 8.76. The zero-order chi connectivity index (χ0) is 15.0. The van der Waals surface area contributed by atoms with Crippen LogP contribution in [-0.2, 0) is 0 Å². The van der Waals surface area contributed by atoms with Crippen molar-refractivity contribution in [3.63, 3.8) is 0 Å². The standard InChI is InChI=1S/C19H36N2/c1-14(2)18-10-19(11-18)21-12-17(13-21)9-16-5-7-20(8-6-16)15(3)4/h14-19H,5-13H2,1-4H3. The summed E-state index contributed by atoms with van der Waals surface area (Å²) in [5.74, 6) is 3.98. The van der Waals surface area contributed by atoms with Crippen LogP contribution >= 0.6 is 0 Å². The monoisotopic (exact) mass is 292 g/mol. The number of nitrogens with zero attached hydrogens (tertiary/aromatic N) is 2. The minimum atomic E-state index is 0.748. The Morgan fingerprint density at radius 1 is 0.905 bits per heavy atom. The Hall–Kier alpha value is -0.0800. The summed E-state index contributed by atoms with van der Waals surface area (Å²) in [4.78, 5) is 5.44. The summed E-state index contributed by atoms with van der Waals surface area (Å²) in [7, 11) is 0. The van der Waals surface area contributed by atoms with Crippen LogP contribution in [0.1, 0.15) is 59.8 Å². The summed E-state index contributed by atoms with van der Waals surface area (Å²) in [6.45, 7) is 15.0. The average molecular weight is 293 g/mol. The number of rotatable bonds is 5. The molecule has 21 heavy (non-hydrogen) atoms. The van der Waals surface area contributed by atoms with Gasteiger partial charge in [-0.2, -0.15) is 0 Å². The van der Waals surface area contributed by atoms with Gasteiger partial charge in [-0.1, -0.05) is 13.8 Å². The van der Waals surface area contributed by atoms with Gasteiger partial charge in [0.1, 0.15) is 0 Å². The molecular formula is C19H36N2. The van der Waals surface area contributed by atoms with Gasteiger partial charge in [0.2, 0.25) is 0 Å². The zero-order valence-corrected chi connectivity index (χ0v) is 14.7. The van der Waals surface area contributed by atoms with Crippen molar-refractivity contribution in [3.05, 3.63) is 0 Å². The van der Waals surface area contributed by atoms with Crippen LogP contribution in [0.2, 0.25) is 0 Å². The van der Waals surface area contributed by atoms with E-state index in [-0.39, 0.29) is 0 Å². The Balaban J connectivity index is 1.30. The van der Waals surface area contributed by atoms with E-state index in [1.165, 1.54) is 58.3 Å². The summed E-state index contributed by atoms with van der Waals surface area (Å²) in [5.41, 5.74) is 0. The van der Waals surface area contributed by atoms with E-state index in [0.29, 0.717) is 0 Å². The molecule has 1 aliphatic carbocycles. The maximum atomic E-state index is 2.78.